The molecule has 0 atom stereocenters. The Morgan fingerprint density at radius 1 is 1.36 bits per heavy atom. The summed E-state index contributed by atoms with van der Waals surface area (Å²) in [6.45, 7) is 1.37. The maximum atomic E-state index is 12.3. The van der Waals surface area contributed by atoms with E-state index in [0.717, 1.165) is 29.2 Å². The van der Waals surface area contributed by atoms with Gasteiger partial charge in [-0.25, -0.2) is 4.98 Å². The third-order valence-corrected chi connectivity index (χ3v) is 3.22. The van der Waals surface area contributed by atoms with Gasteiger partial charge in [-0.05, 0) is 19.4 Å². The van der Waals surface area contributed by atoms with Crippen LogP contribution >= 0.6 is 11.3 Å². The highest BCUT2D eigenvalue weighted by atomic mass is 32.1. The molecule has 1 N–H and O–H groups in total. The highest BCUT2D eigenvalue weighted by Crippen LogP contribution is 2.34. The fourth-order valence-electron chi connectivity index (χ4n) is 1.42. The van der Waals surface area contributed by atoms with Gasteiger partial charge in [0, 0.05) is 11.4 Å². The van der Waals surface area contributed by atoms with E-state index < -0.39 is 11.2 Å². The standard InChI is InChI=1S/C8H9F3N2S/c9-8(10,11)7-13-5-2-1-3-12-4-6(5)14-7/h12H,1-4H2. The summed E-state index contributed by atoms with van der Waals surface area (Å²) in [7, 11) is 0. The summed E-state index contributed by atoms with van der Waals surface area (Å²) in [5.41, 5.74) is 0.618. The van der Waals surface area contributed by atoms with Crippen LogP contribution in [-0.2, 0) is 19.1 Å². The average Bonchev–Trinajstić information content (AvgIpc) is 2.38. The third kappa shape index (κ3) is 1.90. The van der Waals surface area contributed by atoms with E-state index in [2.05, 4.69) is 10.3 Å². The van der Waals surface area contributed by atoms with Crippen molar-refractivity contribution in [2.45, 2.75) is 25.6 Å². The molecule has 14 heavy (non-hydrogen) atoms. The first-order chi connectivity index (χ1) is 6.57. The number of halogens is 3. The molecule has 2 rings (SSSR count). The molecular formula is C8H9F3N2S. The van der Waals surface area contributed by atoms with Crippen LogP contribution < -0.4 is 5.32 Å². The lowest BCUT2D eigenvalue weighted by atomic mass is 10.2. The molecule has 0 unspecified atom stereocenters. The number of hydrogen-bond acceptors (Lipinski definition) is 3. The highest BCUT2D eigenvalue weighted by Gasteiger charge is 2.35. The van der Waals surface area contributed by atoms with Gasteiger partial charge in [-0.2, -0.15) is 13.2 Å². The smallest absolute Gasteiger partial charge is 0.312 e. The Balaban J connectivity index is 2.31. The molecule has 1 aromatic heterocycles. The van der Waals surface area contributed by atoms with E-state index in [1.165, 1.54) is 0 Å². The van der Waals surface area contributed by atoms with Crippen LogP contribution in [0.1, 0.15) is 22.0 Å². The summed E-state index contributed by atoms with van der Waals surface area (Å²) in [4.78, 5) is 4.37. The van der Waals surface area contributed by atoms with Crippen molar-refractivity contribution < 1.29 is 13.2 Å². The average molecular weight is 222 g/mol. The van der Waals surface area contributed by atoms with Gasteiger partial charge in [0.1, 0.15) is 0 Å². The molecule has 2 heterocycles. The van der Waals surface area contributed by atoms with Gasteiger partial charge >= 0.3 is 6.18 Å². The molecule has 2 nitrogen and oxygen atoms in total. The maximum Gasteiger partial charge on any atom is 0.443 e. The topological polar surface area (TPSA) is 24.9 Å². The van der Waals surface area contributed by atoms with Gasteiger partial charge < -0.3 is 5.32 Å². The van der Waals surface area contributed by atoms with E-state index in [4.69, 9.17) is 0 Å². The van der Waals surface area contributed by atoms with Crippen molar-refractivity contribution in [2.24, 2.45) is 0 Å². The van der Waals surface area contributed by atoms with E-state index in [1.54, 1.807) is 0 Å². The molecule has 0 amide bonds. The molecule has 6 heteroatoms. The maximum absolute atomic E-state index is 12.3. The summed E-state index contributed by atoms with van der Waals surface area (Å²) in [5.74, 6) is 0. The third-order valence-electron chi connectivity index (χ3n) is 2.07. The molecule has 1 aromatic rings. The molecule has 1 aliphatic rings. The number of rotatable bonds is 0. The summed E-state index contributed by atoms with van der Waals surface area (Å²) >= 11 is 0.757. The minimum atomic E-state index is -4.29. The van der Waals surface area contributed by atoms with Crippen LogP contribution in [-0.4, -0.2) is 11.5 Å². The lowest BCUT2D eigenvalue weighted by Crippen LogP contribution is -2.11. The fraction of sp³-hybridized carbons (Fsp3) is 0.625. The monoisotopic (exact) mass is 222 g/mol. The molecule has 0 aliphatic carbocycles. The molecule has 0 saturated heterocycles. The molecule has 0 radical (unpaired) electrons. The van der Waals surface area contributed by atoms with Crippen molar-refractivity contribution in [3.8, 4) is 0 Å². The number of nitrogens with one attached hydrogen (secondary N) is 1. The van der Waals surface area contributed by atoms with Gasteiger partial charge in [-0.3, -0.25) is 0 Å². The van der Waals surface area contributed by atoms with Crippen molar-refractivity contribution in [1.29, 1.82) is 0 Å². The molecule has 1 aliphatic heterocycles. The summed E-state index contributed by atoms with van der Waals surface area (Å²) in [6.07, 6.45) is -2.79. The Kier molecular flexibility index (Phi) is 2.48. The van der Waals surface area contributed by atoms with Crippen molar-refractivity contribution in [2.75, 3.05) is 6.54 Å². The first-order valence-electron chi connectivity index (χ1n) is 4.34. The van der Waals surface area contributed by atoms with Gasteiger partial charge in [0.05, 0.1) is 5.69 Å². The zero-order chi connectivity index (χ0) is 10.2. The van der Waals surface area contributed by atoms with Gasteiger partial charge in [-0.15, -0.1) is 11.3 Å². The van der Waals surface area contributed by atoms with Crippen LogP contribution in [0, 0.1) is 0 Å². The lowest BCUT2D eigenvalue weighted by molar-refractivity contribution is -0.137. The number of aromatic nitrogens is 1. The first kappa shape index (κ1) is 9.92. The Morgan fingerprint density at radius 3 is 2.86 bits per heavy atom. The van der Waals surface area contributed by atoms with Crippen molar-refractivity contribution in [1.82, 2.24) is 10.3 Å². The predicted molar refractivity (Wildman–Crippen MR) is 47.1 cm³/mol. The molecule has 0 bridgehead atoms. The molecule has 0 spiro atoms. The van der Waals surface area contributed by atoms with Crippen molar-refractivity contribution in [3.05, 3.63) is 15.6 Å². The Morgan fingerprint density at radius 2 is 2.14 bits per heavy atom. The zero-order valence-electron chi connectivity index (χ0n) is 7.32. The van der Waals surface area contributed by atoms with Gasteiger partial charge in [0.2, 0.25) is 0 Å². The zero-order valence-corrected chi connectivity index (χ0v) is 8.13. The van der Waals surface area contributed by atoms with Crippen LogP contribution in [0.25, 0.3) is 0 Å². The predicted octanol–water partition coefficient (Wildman–Crippen LogP) is 2.20. The number of fused-ring (bicyclic) bond motifs is 1. The Bertz CT molecular complexity index is 308. The second-order valence-corrected chi connectivity index (χ2v) is 4.25. The van der Waals surface area contributed by atoms with Crippen LogP contribution in [0.2, 0.25) is 0 Å². The van der Waals surface area contributed by atoms with E-state index in [1.807, 2.05) is 0 Å². The molecule has 0 fully saturated rings. The van der Waals surface area contributed by atoms with Crippen LogP contribution in [0.15, 0.2) is 0 Å². The van der Waals surface area contributed by atoms with Gasteiger partial charge in [-0.1, -0.05) is 0 Å². The van der Waals surface area contributed by atoms with Gasteiger partial charge in [0.15, 0.2) is 5.01 Å². The second-order valence-electron chi connectivity index (χ2n) is 3.17. The number of thiazole rings is 1. The molecular weight excluding hydrogens is 213 g/mol. The first-order valence-corrected chi connectivity index (χ1v) is 5.15. The van der Waals surface area contributed by atoms with Crippen LogP contribution in [0.3, 0.4) is 0 Å². The summed E-state index contributed by atoms with van der Waals surface area (Å²) in [5, 5.41) is 2.35. The highest BCUT2D eigenvalue weighted by molar-refractivity contribution is 7.11. The summed E-state index contributed by atoms with van der Waals surface area (Å²) in [6, 6.07) is 0. The van der Waals surface area contributed by atoms with Crippen molar-refractivity contribution >= 4 is 11.3 Å². The van der Waals surface area contributed by atoms with E-state index in [-0.39, 0.29) is 0 Å². The molecule has 78 valence electrons. The molecule has 0 saturated carbocycles. The van der Waals surface area contributed by atoms with Crippen molar-refractivity contribution in [3.63, 3.8) is 0 Å². The van der Waals surface area contributed by atoms with Crippen LogP contribution in [0.5, 0.6) is 0 Å². The molecule has 0 aromatic carbocycles. The van der Waals surface area contributed by atoms with E-state index in [0.29, 0.717) is 18.7 Å². The SMILES string of the molecule is FC(F)(F)c1nc2c(s1)CNCCC2. The minimum Gasteiger partial charge on any atom is -0.312 e. The second kappa shape index (κ2) is 3.51. The number of nitrogens with zero attached hydrogens (tertiary/aromatic N) is 1. The Hall–Kier alpha value is -0.620. The quantitative estimate of drug-likeness (QED) is 0.728. The Labute approximate surface area is 83.2 Å². The van der Waals surface area contributed by atoms with E-state index in [9.17, 15) is 13.2 Å². The largest absolute Gasteiger partial charge is 0.443 e. The normalized spacial score (nSPS) is 17.6. The fourth-order valence-corrected chi connectivity index (χ4v) is 2.37. The van der Waals surface area contributed by atoms with Crippen LogP contribution in [0.4, 0.5) is 13.2 Å². The van der Waals surface area contributed by atoms with Gasteiger partial charge in [0.25, 0.3) is 0 Å². The van der Waals surface area contributed by atoms with E-state index >= 15 is 0 Å². The summed E-state index contributed by atoms with van der Waals surface area (Å²) < 4.78 is 36.9. The number of alkyl halides is 3. The number of aryl methyl sites for hydroxylation is 1. The minimum absolute atomic E-state index is 0.517. The number of hydrogen-bond donors (Lipinski definition) is 1. The lowest BCUT2D eigenvalue weighted by Gasteiger charge is -2.00.